The molecule has 0 aliphatic heterocycles. The van der Waals surface area contributed by atoms with Gasteiger partial charge in [-0.3, -0.25) is 4.79 Å². The molecule has 2 aromatic rings. The molecule has 2 heteroatoms. The van der Waals surface area contributed by atoms with Crippen LogP contribution in [0.15, 0.2) is 48.5 Å². The summed E-state index contributed by atoms with van der Waals surface area (Å²) in [6, 6.07) is 16.2. The van der Waals surface area contributed by atoms with Crippen LogP contribution in [-0.4, -0.2) is 5.91 Å². The van der Waals surface area contributed by atoms with Crippen molar-refractivity contribution in [3.8, 4) is 0 Å². The number of amides is 1. The highest BCUT2D eigenvalue weighted by Crippen LogP contribution is 2.49. The summed E-state index contributed by atoms with van der Waals surface area (Å²) in [5.74, 6) is 0.123. The molecule has 20 heavy (non-hydrogen) atoms. The van der Waals surface area contributed by atoms with Gasteiger partial charge in [-0.1, -0.05) is 42.5 Å². The first kappa shape index (κ1) is 12.9. The van der Waals surface area contributed by atoms with Gasteiger partial charge in [-0.25, -0.2) is 0 Å². The van der Waals surface area contributed by atoms with Gasteiger partial charge in [0.15, 0.2) is 0 Å². The number of nitrogens with one attached hydrogen (secondary N) is 1. The standard InChI is InChI=1S/C18H19NO/c1-13-8-9-14(2)16(12-13)19-17(20)18(10-11-18)15-6-4-3-5-7-15/h3-9,12H,10-11H2,1-2H3,(H,19,20). The summed E-state index contributed by atoms with van der Waals surface area (Å²) in [7, 11) is 0. The first-order valence-corrected chi connectivity index (χ1v) is 7.06. The molecule has 1 aliphatic carbocycles. The van der Waals surface area contributed by atoms with Gasteiger partial charge in [0, 0.05) is 5.69 Å². The van der Waals surface area contributed by atoms with E-state index in [0.717, 1.165) is 35.2 Å². The minimum absolute atomic E-state index is 0.123. The van der Waals surface area contributed by atoms with E-state index in [1.54, 1.807) is 0 Å². The molecule has 0 unspecified atom stereocenters. The molecule has 3 rings (SSSR count). The van der Waals surface area contributed by atoms with E-state index in [4.69, 9.17) is 0 Å². The maximum atomic E-state index is 12.6. The maximum absolute atomic E-state index is 12.6. The highest BCUT2D eigenvalue weighted by atomic mass is 16.2. The van der Waals surface area contributed by atoms with E-state index in [-0.39, 0.29) is 11.3 Å². The van der Waals surface area contributed by atoms with Gasteiger partial charge in [0.1, 0.15) is 0 Å². The van der Waals surface area contributed by atoms with Crippen LogP contribution in [0.25, 0.3) is 0 Å². The minimum atomic E-state index is -0.308. The molecule has 0 saturated heterocycles. The summed E-state index contributed by atoms with van der Waals surface area (Å²) in [4.78, 5) is 12.6. The Labute approximate surface area is 119 Å². The van der Waals surface area contributed by atoms with Crippen molar-refractivity contribution in [3.05, 3.63) is 65.2 Å². The third-order valence-electron chi connectivity index (χ3n) is 4.15. The van der Waals surface area contributed by atoms with Gasteiger partial charge in [-0.2, -0.15) is 0 Å². The largest absolute Gasteiger partial charge is 0.325 e. The molecule has 2 nitrogen and oxygen atoms in total. The highest BCUT2D eigenvalue weighted by molar-refractivity contribution is 6.01. The van der Waals surface area contributed by atoms with Gasteiger partial charge in [0.2, 0.25) is 5.91 Å². The molecule has 0 bridgehead atoms. The van der Waals surface area contributed by atoms with Crippen molar-refractivity contribution in [2.24, 2.45) is 0 Å². The smallest absolute Gasteiger partial charge is 0.235 e. The lowest BCUT2D eigenvalue weighted by Gasteiger charge is -2.17. The average molecular weight is 265 g/mol. The molecule has 0 spiro atoms. The van der Waals surface area contributed by atoms with Crippen molar-refractivity contribution >= 4 is 11.6 Å². The zero-order valence-corrected chi connectivity index (χ0v) is 11.9. The van der Waals surface area contributed by atoms with Gasteiger partial charge in [0.25, 0.3) is 0 Å². The fourth-order valence-corrected chi connectivity index (χ4v) is 2.64. The fraction of sp³-hybridized carbons (Fsp3) is 0.278. The molecule has 0 heterocycles. The van der Waals surface area contributed by atoms with Gasteiger partial charge < -0.3 is 5.32 Å². The van der Waals surface area contributed by atoms with Crippen LogP contribution in [0.4, 0.5) is 5.69 Å². The summed E-state index contributed by atoms with van der Waals surface area (Å²) in [5, 5.41) is 3.11. The molecule has 0 aromatic heterocycles. The van der Waals surface area contributed by atoms with E-state index in [0.29, 0.717) is 0 Å². The molecular formula is C18H19NO. The van der Waals surface area contributed by atoms with Crippen LogP contribution in [0.5, 0.6) is 0 Å². The summed E-state index contributed by atoms with van der Waals surface area (Å²) < 4.78 is 0. The van der Waals surface area contributed by atoms with Gasteiger partial charge in [-0.05, 0) is 49.4 Å². The van der Waals surface area contributed by atoms with Crippen molar-refractivity contribution in [1.29, 1.82) is 0 Å². The molecule has 1 N–H and O–H groups in total. The van der Waals surface area contributed by atoms with E-state index in [2.05, 4.69) is 23.5 Å². The number of carbonyl (C=O) groups is 1. The van der Waals surface area contributed by atoms with Crippen LogP contribution < -0.4 is 5.32 Å². The number of carbonyl (C=O) groups excluding carboxylic acids is 1. The third kappa shape index (κ3) is 2.22. The molecule has 102 valence electrons. The average Bonchev–Trinajstić information content (AvgIpc) is 3.25. The van der Waals surface area contributed by atoms with Crippen LogP contribution >= 0.6 is 0 Å². The van der Waals surface area contributed by atoms with Gasteiger partial charge in [-0.15, -0.1) is 0 Å². The Kier molecular flexibility index (Phi) is 3.09. The Morgan fingerprint density at radius 1 is 1.05 bits per heavy atom. The first-order valence-electron chi connectivity index (χ1n) is 7.06. The maximum Gasteiger partial charge on any atom is 0.235 e. The Balaban J connectivity index is 1.85. The van der Waals surface area contributed by atoms with E-state index >= 15 is 0 Å². The topological polar surface area (TPSA) is 29.1 Å². The van der Waals surface area contributed by atoms with Crippen molar-refractivity contribution in [2.45, 2.75) is 32.1 Å². The van der Waals surface area contributed by atoms with Crippen LogP contribution in [0, 0.1) is 13.8 Å². The van der Waals surface area contributed by atoms with E-state index in [1.807, 2.05) is 44.2 Å². The number of hydrogen-bond acceptors (Lipinski definition) is 1. The summed E-state index contributed by atoms with van der Waals surface area (Å²) in [6.07, 6.45) is 1.88. The zero-order valence-electron chi connectivity index (χ0n) is 11.9. The molecule has 1 saturated carbocycles. The van der Waals surface area contributed by atoms with Crippen LogP contribution in [0.1, 0.15) is 29.5 Å². The molecule has 1 fully saturated rings. The van der Waals surface area contributed by atoms with Crippen LogP contribution in [0.3, 0.4) is 0 Å². The van der Waals surface area contributed by atoms with Crippen LogP contribution in [0.2, 0.25) is 0 Å². The second-order valence-corrected chi connectivity index (χ2v) is 5.72. The highest BCUT2D eigenvalue weighted by Gasteiger charge is 2.51. The number of benzene rings is 2. The van der Waals surface area contributed by atoms with E-state index in [1.165, 1.54) is 0 Å². The van der Waals surface area contributed by atoms with Crippen molar-refractivity contribution in [2.75, 3.05) is 5.32 Å². The lowest BCUT2D eigenvalue weighted by molar-refractivity contribution is -0.118. The fourth-order valence-electron chi connectivity index (χ4n) is 2.64. The van der Waals surface area contributed by atoms with Crippen molar-refractivity contribution in [1.82, 2.24) is 0 Å². The monoisotopic (exact) mass is 265 g/mol. The predicted octanol–water partition coefficient (Wildman–Crippen LogP) is 3.97. The normalized spacial score (nSPS) is 15.7. The van der Waals surface area contributed by atoms with Crippen molar-refractivity contribution in [3.63, 3.8) is 0 Å². The van der Waals surface area contributed by atoms with Crippen LogP contribution in [-0.2, 0) is 10.2 Å². The van der Waals surface area contributed by atoms with Crippen molar-refractivity contribution < 1.29 is 4.79 Å². The number of anilines is 1. The molecular weight excluding hydrogens is 246 g/mol. The molecule has 0 radical (unpaired) electrons. The number of rotatable bonds is 3. The molecule has 2 aromatic carbocycles. The summed E-state index contributed by atoms with van der Waals surface area (Å²) in [5.41, 5.74) is 4.01. The Bertz CT molecular complexity index is 642. The summed E-state index contributed by atoms with van der Waals surface area (Å²) in [6.45, 7) is 4.07. The third-order valence-corrected chi connectivity index (χ3v) is 4.15. The molecule has 1 amide bonds. The van der Waals surface area contributed by atoms with Gasteiger partial charge in [0.05, 0.1) is 5.41 Å². The quantitative estimate of drug-likeness (QED) is 0.893. The predicted molar refractivity (Wildman–Crippen MR) is 81.9 cm³/mol. The summed E-state index contributed by atoms with van der Waals surface area (Å²) >= 11 is 0. The molecule has 0 atom stereocenters. The second-order valence-electron chi connectivity index (χ2n) is 5.72. The lowest BCUT2D eigenvalue weighted by atomic mass is 9.95. The second kappa shape index (κ2) is 4.78. The SMILES string of the molecule is Cc1ccc(C)c(NC(=O)C2(c3ccccc3)CC2)c1. The lowest BCUT2D eigenvalue weighted by Crippen LogP contribution is -2.28. The number of aryl methyl sites for hydroxylation is 2. The zero-order chi connectivity index (χ0) is 14.2. The first-order chi connectivity index (χ1) is 9.62. The minimum Gasteiger partial charge on any atom is -0.325 e. The van der Waals surface area contributed by atoms with E-state index in [9.17, 15) is 4.79 Å². The van der Waals surface area contributed by atoms with Gasteiger partial charge >= 0.3 is 0 Å². The van der Waals surface area contributed by atoms with E-state index < -0.39 is 0 Å². The molecule has 1 aliphatic rings. The Morgan fingerprint density at radius 3 is 2.40 bits per heavy atom. The Hall–Kier alpha value is -2.09. The number of hydrogen-bond donors (Lipinski definition) is 1. The Morgan fingerprint density at radius 2 is 1.75 bits per heavy atom.